The largest absolute Gasteiger partial charge is 0.493 e. The Labute approximate surface area is 237 Å². The second-order valence-electron chi connectivity index (χ2n) is 9.89. The van der Waals surface area contributed by atoms with E-state index in [0.29, 0.717) is 31.9 Å². The maximum Gasteiger partial charge on any atom is 0.387 e. The van der Waals surface area contributed by atoms with Gasteiger partial charge in [0.05, 0.1) is 17.7 Å². The number of rotatable bonds is 6. The molecule has 0 aliphatic carbocycles. The van der Waals surface area contributed by atoms with E-state index in [-0.39, 0.29) is 23.0 Å². The normalized spacial score (nSPS) is 20.9. The van der Waals surface area contributed by atoms with E-state index in [4.69, 9.17) is 14.5 Å². The average Bonchev–Trinajstić information content (AvgIpc) is 3.22. The van der Waals surface area contributed by atoms with Gasteiger partial charge < -0.3 is 19.5 Å². The molecule has 6 rings (SSSR count). The fourth-order valence-electron chi connectivity index (χ4n) is 5.39. The van der Waals surface area contributed by atoms with Crippen molar-refractivity contribution in [3.8, 4) is 17.2 Å². The van der Waals surface area contributed by atoms with Gasteiger partial charge in [-0.2, -0.15) is 8.78 Å². The van der Waals surface area contributed by atoms with Gasteiger partial charge in [-0.25, -0.2) is 4.99 Å². The first kappa shape index (κ1) is 26.7. The third-order valence-electron chi connectivity index (χ3n) is 7.27. The summed E-state index contributed by atoms with van der Waals surface area (Å²) >= 11 is 1.16. The van der Waals surface area contributed by atoms with Crippen LogP contribution in [0.25, 0.3) is 6.08 Å². The maximum absolute atomic E-state index is 13.9. The van der Waals surface area contributed by atoms with Gasteiger partial charge in [0.2, 0.25) is 11.6 Å². The van der Waals surface area contributed by atoms with Crippen molar-refractivity contribution in [3.63, 3.8) is 0 Å². The van der Waals surface area contributed by atoms with Gasteiger partial charge in [0.1, 0.15) is 11.7 Å². The smallest absolute Gasteiger partial charge is 0.387 e. The Morgan fingerprint density at radius 2 is 1.90 bits per heavy atom. The fraction of sp³-hybridized carbons (Fsp3) is 0.233. The molecule has 0 fully saturated rings. The number of para-hydroxylation sites is 2. The second kappa shape index (κ2) is 10.2. The lowest BCUT2D eigenvalue weighted by Gasteiger charge is -2.45. The summed E-state index contributed by atoms with van der Waals surface area (Å²) in [5.41, 5.74) is 1.19. The number of hydrogen-bond acceptors (Lipinski definition) is 7. The average molecular weight is 578 g/mol. The third kappa shape index (κ3) is 4.65. The van der Waals surface area contributed by atoms with Gasteiger partial charge in [-0.05, 0) is 55.3 Å². The summed E-state index contributed by atoms with van der Waals surface area (Å²) in [7, 11) is 1.34. The number of hydrogen-bond donors (Lipinski definition) is 1. The van der Waals surface area contributed by atoms with Gasteiger partial charge in [0.25, 0.3) is 5.56 Å². The number of fused-ring (bicyclic) bond motifs is 6. The summed E-state index contributed by atoms with van der Waals surface area (Å²) in [6.45, 7) is 0.651. The van der Waals surface area contributed by atoms with Crippen LogP contribution in [-0.4, -0.2) is 29.9 Å². The predicted octanol–water partition coefficient (Wildman–Crippen LogP) is 4.24. The zero-order valence-electron chi connectivity index (χ0n) is 22.3. The minimum absolute atomic E-state index is 0.101. The first-order valence-corrected chi connectivity index (χ1v) is 13.6. The molecular weight excluding hydrogens is 552 g/mol. The predicted molar refractivity (Wildman–Crippen MR) is 149 cm³/mol. The van der Waals surface area contributed by atoms with Crippen molar-refractivity contribution in [1.82, 2.24) is 4.57 Å². The number of halogens is 2. The SMILES string of the molecule is COc1cc(/C=c2\sc3n(c2=O)[C@@H]2c4ccccc4O[C@](C)(N=3)[C@@H]2C(=O)Nc2ccccc2C)ccc1OC(F)F. The van der Waals surface area contributed by atoms with Crippen molar-refractivity contribution in [1.29, 1.82) is 0 Å². The Balaban J connectivity index is 1.48. The number of thiazole rings is 1. The Morgan fingerprint density at radius 1 is 1.15 bits per heavy atom. The van der Waals surface area contributed by atoms with Crippen molar-refractivity contribution in [2.45, 2.75) is 32.2 Å². The van der Waals surface area contributed by atoms with E-state index < -0.39 is 24.3 Å². The topological polar surface area (TPSA) is 91.2 Å². The molecule has 210 valence electrons. The molecule has 0 saturated heterocycles. The molecule has 4 aromatic rings. The zero-order valence-corrected chi connectivity index (χ0v) is 23.1. The van der Waals surface area contributed by atoms with Crippen LogP contribution in [0.5, 0.6) is 17.2 Å². The van der Waals surface area contributed by atoms with Crippen LogP contribution in [0.3, 0.4) is 0 Å². The van der Waals surface area contributed by atoms with E-state index in [0.717, 1.165) is 16.9 Å². The van der Waals surface area contributed by atoms with Crippen LogP contribution in [0.2, 0.25) is 0 Å². The lowest BCUT2D eigenvalue weighted by atomic mass is 9.80. The molecule has 2 bridgehead atoms. The molecule has 11 heteroatoms. The quantitative estimate of drug-likeness (QED) is 0.370. The molecule has 0 spiro atoms. The highest BCUT2D eigenvalue weighted by Crippen LogP contribution is 2.47. The lowest BCUT2D eigenvalue weighted by Crippen LogP contribution is -2.59. The molecule has 0 radical (unpaired) electrons. The first-order chi connectivity index (χ1) is 19.7. The molecule has 3 atom stereocenters. The van der Waals surface area contributed by atoms with Crippen LogP contribution in [0.1, 0.15) is 29.7 Å². The number of aromatic nitrogens is 1. The molecule has 0 saturated carbocycles. The molecule has 1 N–H and O–H groups in total. The Bertz CT molecular complexity index is 1850. The Hall–Kier alpha value is -4.51. The summed E-state index contributed by atoms with van der Waals surface area (Å²) < 4.78 is 43.5. The number of alkyl halides is 2. The van der Waals surface area contributed by atoms with E-state index in [1.54, 1.807) is 29.7 Å². The number of anilines is 1. The van der Waals surface area contributed by atoms with Gasteiger partial charge in [0, 0.05) is 11.3 Å². The highest BCUT2D eigenvalue weighted by atomic mass is 32.1. The molecule has 8 nitrogen and oxygen atoms in total. The second-order valence-corrected chi connectivity index (χ2v) is 10.9. The van der Waals surface area contributed by atoms with Crippen LogP contribution < -0.4 is 34.4 Å². The van der Waals surface area contributed by atoms with Crippen molar-refractivity contribution in [3.05, 3.63) is 103 Å². The van der Waals surface area contributed by atoms with Gasteiger partial charge in [-0.3, -0.25) is 14.2 Å². The number of methoxy groups -OCH3 is 1. The number of aryl methyl sites for hydroxylation is 1. The number of amides is 1. The number of ether oxygens (including phenoxy) is 3. The number of benzene rings is 3. The van der Waals surface area contributed by atoms with Crippen molar-refractivity contribution >= 4 is 29.0 Å². The van der Waals surface area contributed by atoms with Crippen molar-refractivity contribution < 1.29 is 27.8 Å². The van der Waals surface area contributed by atoms with Crippen LogP contribution in [0.15, 0.2) is 76.5 Å². The van der Waals surface area contributed by atoms with Gasteiger partial charge in [-0.1, -0.05) is 53.8 Å². The van der Waals surface area contributed by atoms with E-state index in [9.17, 15) is 18.4 Å². The zero-order chi connectivity index (χ0) is 28.9. The van der Waals surface area contributed by atoms with Crippen LogP contribution in [0, 0.1) is 12.8 Å². The summed E-state index contributed by atoms with van der Waals surface area (Å²) in [5.74, 6) is -0.634. The molecule has 1 amide bonds. The molecule has 2 aliphatic rings. The van der Waals surface area contributed by atoms with E-state index >= 15 is 0 Å². The van der Waals surface area contributed by atoms with Gasteiger partial charge in [-0.15, -0.1) is 0 Å². The van der Waals surface area contributed by atoms with Crippen LogP contribution in [-0.2, 0) is 4.79 Å². The summed E-state index contributed by atoms with van der Waals surface area (Å²) in [5, 5.41) is 3.01. The van der Waals surface area contributed by atoms with Gasteiger partial charge >= 0.3 is 6.61 Å². The van der Waals surface area contributed by atoms with Crippen LogP contribution in [0.4, 0.5) is 14.5 Å². The number of nitrogens with zero attached hydrogens (tertiary/aromatic N) is 2. The number of nitrogens with one attached hydrogen (secondary N) is 1. The van der Waals surface area contributed by atoms with E-state index in [1.165, 1.54) is 19.2 Å². The Morgan fingerprint density at radius 3 is 2.66 bits per heavy atom. The molecule has 3 heterocycles. The summed E-state index contributed by atoms with van der Waals surface area (Å²) in [6.07, 6.45) is 1.63. The highest BCUT2D eigenvalue weighted by Gasteiger charge is 2.55. The summed E-state index contributed by atoms with van der Waals surface area (Å²) in [6, 6.07) is 18.5. The fourth-order valence-corrected chi connectivity index (χ4v) is 6.48. The molecule has 41 heavy (non-hydrogen) atoms. The highest BCUT2D eigenvalue weighted by molar-refractivity contribution is 7.07. The third-order valence-corrected chi connectivity index (χ3v) is 8.25. The Kier molecular flexibility index (Phi) is 6.61. The monoisotopic (exact) mass is 577 g/mol. The first-order valence-electron chi connectivity index (χ1n) is 12.8. The number of carbonyl (C=O) groups is 1. The molecular formula is C30H25F2N3O5S. The lowest BCUT2D eigenvalue weighted by molar-refractivity contribution is -0.131. The molecule has 3 aromatic carbocycles. The number of carbonyl (C=O) groups excluding carboxylic acids is 1. The van der Waals surface area contributed by atoms with Crippen molar-refractivity contribution in [2.24, 2.45) is 10.9 Å². The molecule has 1 aromatic heterocycles. The van der Waals surface area contributed by atoms with Crippen LogP contribution >= 0.6 is 11.3 Å². The standard InChI is InChI=1S/C30H25F2N3O5S/c1-16-8-4-6-10-19(16)33-26(36)24-25-18-9-5-7-11-20(18)40-30(24,2)34-29-35(25)27(37)23(41-29)15-17-12-13-21(39-28(31)32)22(14-17)38-3/h4-15,24-25,28H,1-3H3,(H,33,36)/b23-15-/t24-,25+,30-/m0/s1. The van der Waals surface area contributed by atoms with E-state index in [1.807, 2.05) is 49.4 Å². The molecule has 2 aliphatic heterocycles. The van der Waals surface area contributed by atoms with Crippen molar-refractivity contribution in [2.75, 3.05) is 12.4 Å². The minimum Gasteiger partial charge on any atom is -0.493 e. The van der Waals surface area contributed by atoms with Gasteiger partial charge in [0.15, 0.2) is 16.3 Å². The molecule has 0 unspecified atom stereocenters. The summed E-state index contributed by atoms with van der Waals surface area (Å²) in [4.78, 5) is 33.1. The minimum atomic E-state index is -3.00. The van der Waals surface area contributed by atoms with E-state index in [2.05, 4.69) is 10.1 Å². The maximum atomic E-state index is 13.9.